The number of nitrogens with one attached hydrogen (secondary N) is 1. The highest BCUT2D eigenvalue weighted by Gasteiger charge is 2.43. The molecule has 32 heavy (non-hydrogen) atoms. The van der Waals surface area contributed by atoms with Crippen molar-refractivity contribution in [2.24, 2.45) is 11.0 Å². The molecule has 1 heterocycles. The lowest BCUT2D eigenvalue weighted by molar-refractivity contribution is -0.384. The van der Waals surface area contributed by atoms with Gasteiger partial charge in [-0.2, -0.15) is 5.10 Å². The van der Waals surface area contributed by atoms with Crippen LogP contribution in [0.15, 0.2) is 77.9 Å². The summed E-state index contributed by atoms with van der Waals surface area (Å²) in [6.07, 6.45) is 1.80. The van der Waals surface area contributed by atoms with Crippen LogP contribution in [0.25, 0.3) is 0 Å². The number of hydrazone groups is 1. The Morgan fingerprint density at radius 2 is 1.78 bits per heavy atom. The molecule has 2 amide bonds. The zero-order valence-electron chi connectivity index (χ0n) is 16.9. The van der Waals surface area contributed by atoms with Crippen LogP contribution in [0.4, 0.5) is 16.2 Å². The topological polar surface area (TPSA) is 87.8 Å². The maximum atomic E-state index is 13.3. The molecule has 0 bridgehead atoms. The number of rotatable bonds is 3. The number of amides is 2. The minimum Gasteiger partial charge on any atom is -0.306 e. The van der Waals surface area contributed by atoms with Crippen LogP contribution in [0.3, 0.4) is 0 Å². The van der Waals surface area contributed by atoms with E-state index in [1.807, 2.05) is 36.4 Å². The van der Waals surface area contributed by atoms with Crippen LogP contribution in [0.2, 0.25) is 5.02 Å². The molecule has 3 aromatic carbocycles. The van der Waals surface area contributed by atoms with Gasteiger partial charge in [-0.3, -0.25) is 10.1 Å². The zero-order valence-corrected chi connectivity index (χ0v) is 17.7. The fourth-order valence-electron chi connectivity index (χ4n) is 4.47. The standard InChI is InChI=1S/C24H19ClN4O3/c25-17-8-5-16(6-9-17)23-21-14-7-15-3-1-2-4-20(15)22(21)27-28(23)24(30)26-18-10-12-19(13-11-18)29(31)32/h1-6,8-13,21,23H,7,14H2,(H,26,30). The molecule has 1 N–H and O–H groups in total. The number of hydrogen-bond donors (Lipinski definition) is 1. The van der Waals surface area contributed by atoms with Gasteiger partial charge in [0.15, 0.2) is 0 Å². The lowest BCUT2D eigenvalue weighted by Gasteiger charge is -2.29. The molecule has 1 aliphatic heterocycles. The van der Waals surface area contributed by atoms with Crippen molar-refractivity contribution < 1.29 is 9.72 Å². The molecule has 0 saturated carbocycles. The first-order chi connectivity index (χ1) is 15.5. The first-order valence-corrected chi connectivity index (χ1v) is 10.7. The van der Waals surface area contributed by atoms with Crippen LogP contribution in [0.5, 0.6) is 0 Å². The van der Waals surface area contributed by atoms with E-state index >= 15 is 0 Å². The molecule has 160 valence electrons. The summed E-state index contributed by atoms with van der Waals surface area (Å²) in [5.41, 5.74) is 4.60. The zero-order chi connectivity index (χ0) is 22.2. The van der Waals surface area contributed by atoms with E-state index in [0.717, 1.165) is 29.7 Å². The smallest absolute Gasteiger partial charge is 0.306 e. The van der Waals surface area contributed by atoms with Gasteiger partial charge < -0.3 is 5.32 Å². The molecular formula is C24H19ClN4O3. The van der Waals surface area contributed by atoms with Gasteiger partial charge in [-0.15, -0.1) is 0 Å². The van der Waals surface area contributed by atoms with E-state index in [1.54, 1.807) is 0 Å². The second-order valence-corrected chi connectivity index (χ2v) is 8.30. The molecular weight excluding hydrogens is 428 g/mol. The predicted molar refractivity (Wildman–Crippen MR) is 123 cm³/mol. The number of carbonyl (C=O) groups excluding carboxylic acids is 1. The minimum atomic E-state index is -0.475. The first-order valence-electron chi connectivity index (χ1n) is 10.3. The van der Waals surface area contributed by atoms with Gasteiger partial charge in [0, 0.05) is 34.3 Å². The van der Waals surface area contributed by atoms with Gasteiger partial charge in [-0.1, -0.05) is 48.0 Å². The van der Waals surface area contributed by atoms with E-state index in [0.29, 0.717) is 10.7 Å². The van der Waals surface area contributed by atoms with E-state index in [2.05, 4.69) is 17.4 Å². The van der Waals surface area contributed by atoms with Crippen molar-refractivity contribution in [3.8, 4) is 0 Å². The van der Waals surface area contributed by atoms with E-state index in [1.165, 1.54) is 34.8 Å². The van der Waals surface area contributed by atoms with Crippen molar-refractivity contribution in [1.29, 1.82) is 0 Å². The Hall–Kier alpha value is -3.71. The van der Waals surface area contributed by atoms with Crippen molar-refractivity contribution in [1.82, 2.24) is 5.01 Å². The van der Waals surface area contributed by atoms with Crippen LogP contribution in [0.1, 0.15) is 29.2 Å². The lowest BCUT2D eigenvalue weighted by Crippen LogP contribution is -2.34. The average Bonchev–Trinajstić information content (AvgIpc) is 3.20. The molecule has 2 unspecified atom stereocenters. The highest BCUT2D eigenvalue weighted by Crippen LogP contribution is 2.43. The second-order valence-electron chi connectivity index (χ2n) is 7.86. The number of carbonyl (C=O) groups is 1. The highest BCUT2D eigenvalue weighted by atomic mass is 35.5. The number of halogens is 1. The monoisotopic (exact) mass is 446 g/mol. The third-order valence-corrected chi connectivity index (χ3v) is 6.23. The van der Waals surface area contributed by atoms with Crippen LogP contribution >= 0.6 is 11.6 Å². The molecule has 0 saturated heterocycles. The number of benzene rings is 3. The summed E-state index contributed by atoms with van der Waals surface area (Å²) < 4.78 is 0. The van der Waals surface area contributed by atoms with Gasteiger partial charge in [-0.05, 0) is 48.2 Å². The summed E-state index contributed by atoms with van der Waals surface area (Å²) in [5.74, 6) is 0.0636. The van der Waals surface area contributed by atoms with Gasteiger partial charge in [0.2, 0.25) is 0 Å². The maximum Gasteiger partial charge on any atom is 0.342 e. The summed E-state index contributed by atoms with van der Waals surface area (Å²) in [4.78, 5) is 23.7. The van der Waals surface area contributed by atoms with Crippen LogP contribution < -0.4 is 5.32 Å². The number of nitrogens with zero attached hydrogens (tertiary/aromatic N) is 3. The van der Waals surface area contributed by atoms with Crippen LogP contribution in [-0.2, 0) is 6.42 Å². The number of nitro benzene ring substituents is 1. The number of anilines is 1. The fourth-order valence-corrected chi connectivity index (χ4v) is 4.60. The normalized spacial score (nSPS) is 19.0. The fraction of sp³-hybridized carbons (Fsp3) is 0.167. The number of aryl methyl sites for hydroxylation is 1. The molecule has 0 aromatic heterocycles. The largest absolute Gasteiger partial charge is 0.342 e. The third-order valence-electron chi connectivity index (χ3n) is 5.98. The Bertz CT molecular complexity index is 1220. The summed E-state index contributed by atoms with van der Waals surface area (Å²) in [7, 11) is 0. The van der Waals surface area contributed by atoms with E-state index < -0.39 is 11.0 Å². The molecule has 2 aliphatic rings. The summed E-state index contributed by atoms with van der Waals surface area (Å²) in [5, 5.41) is 20.6. The summed E-state index contributed by atoms with van der Waals surface area (Å²) in [6.45, 7) is 0. The Morgan fingerprint density at radius 1 is 1.06 bits per heavy atom. The van der Waals surface area contributed by atoms with Gasteiger partial charge in [0.05, 0.1) is 16.7 Å². The minimum absolute atomic E-state index is 0.0360. The van der Waals surface area contributed by atoms with Crippen molar-refractivity contribution >= 4 is 34.7 Å². The second kappa shape index (κ2) is 8.09. The first kappa shape index (κ1) is 20.2. The molecule has 0 fully saturated rings. The molecule has 5 rings (SSSR count). The molecule has 2 atom stereocenters. The predicted octanol–water partition coefficient (Wildman–Crippen LogP) is 5.80. The van der Waals surface area contributed by atoms with E-state index in [4.69, 9.17) is 16.7 Å². The van der Waals surface area contributed by atoms with Crippen LogP contribution in [0, 0.1) is 16.0 Å². The number of urea groups is 1. The quantitative estimate of drug-likeness (QED) is 0.407. The third kappa shape index (κ3) is 3.61. The van der Waals surface area contributed by atoms with E-state index in [-0.39, 0.29) is 17.6 Å². The Labute approximate surface area is 189 Å². The number of non-ortho nitro benzene ring substituents is 1. The number of nitro groups is 1. The Morgan fingerprint density at radius 3 is 2.50 bits per heavy atom. The Kier molecular flexibility index (Phi) is 5.11. The van der Waals surface area contributed by atoms with Crippen molar-refractivity contribution in [2.45, 2.75) is 18.9 Å². The molecule has 7 nitrogen and oxygen atoms in total. The van der Waals surface area contributed by atoms with Crippen molar-refractivity contribution in [3.63, 3.8) is 0 Å². The molecule has 1 aliphatic carbocycles. The van der Waals surface area contributed by atoms with Gasteiger partial charge >= 0.3 is 6.03 Å². The Balaban J connectivity index is 1.50. The lowest BCUT2D eigenvalue weighted by atomic mass is 9.77. The van der Waals surface area contributed by atoms with Gasteiger partial charge in [-0.25, -0.2) is 9.80 Å². The summed E-state index contributed by atoms with van der Waals surface area (Å²) >= 11 is 6.09. The number of fused-ring (bicyclic) bond motifs is 3. The SMILES string of the molecule is O=C(Nc1ccc([N+](=O)[O-])cc1)N1N=C2c3ccccc3CCC2C1c1ccc(Cl)cc1. The van der Waals surface area contributed by atoms with Crippen molar-refractivity contribution in [3.05, 3.63) is 105 Å². The molecule has 0 radical (unpaired) electrons. The van der Waals surface area contributed by atoms with Crippen LogP contribution in [-0.4, -0.2) is 21.7 Å². The van der Waals surface area contributed by atoms with Crippen molar-refractivity contribution in [2.75, 3.05) is 5.32 Å². The van der Waals surface area contributed by atoms with Gasteiger partial charge in [0.1, 0.15) is 0 Å². The number of hydrogen-bond acceptors (Lipinski definition) is 4. The highest BCUT2D eigenvalue weighted by molar-refractivity contribution is 6.30. The maximum absolute atomic E-state index is 13.3. The van der Waals surface area contributed by atoms with E-state index in [9.17, 15) is 14.9 Å². The van der Waals surface area contributed by atoms with Gasteiger partial charge in [0.25, 0.3) is 5.69 Å². The average molecular weight is 447 g/mol. The molecule has 3 aromatic rings. The summed E-state index contributed by atoms with van der Waals surface area (Å²) in [6, 6.07) is 20.7. The molecule has 8 heteroatoms. The molecule has 0 spiro atoms.